The van der Waals surface area contributed by atoms with Gasteiger partial charge in [-0.25, -0.2) is 0 Å². The lowest BCUT2D eigenvalue weighted by Gasteiger charge is -2.22. The molecule has 0 aromatic carbocycles. The summed E-state index contributed by atoms with van der Waals surface area (Å²) in [7, 11) is 0. The fraction of sp³-hybridized carbons (Fsp3) is 1.00. The number of hydrogen-bond donors (Lipinski definition) is 2. The van der Waals surface area contributed by atoms with Crippen molar-refractivity contribution in [2.75, 3.05) is 6.61 Å². The van der Waals surface area contributed by atoms with Gasteiger partial charge in [-0.2, -0.15) is 0 Å². The highest BCUT2D eigenvalue weighted by atomic mass is 16.3. The summed E-state index contributed by atoms with van der Waals surface area (Å²) >= 11 is 0. The minimum absolute atomic E-state index is 0.316. The SMILES string of the molecule is C[C@H](CCO)NC(C1CC1)C1CC1. The van der Waals surface area contributed by atoms with Crippen LogP contribution in [0.25, 0.3) is 0 Å². The van der Waals surface area contributed by atoms with Crippen molar-refractivity contribution in [1.82, 2.24) is 5.32 Å². The molecule has 0 aliphatic heterocycles. The van der Waals surface area contributed by atoms with E-state index in [9.17, 15) is 0 Å². The molecule has 2 heteroatoms. The van der Waals surface area contributed by atoms with Crippen LogP contribution in [0.15, 0.2) is 0 Å². The first-order chi connectivity index (χ1) is 6.31. The largest absolute Gasteiger partial charge is 0.396 e. The van der Waals surface area contributed by atoms with Crippen molar-refractivity contribution in [2.45, 2.75) is 51.1 Å². The first-order valence-electron chi connectivity index (χ1n) is 5.68. The summed E-state index contributed by atoms with van der Waals surface area (Å²) in [5.74, 6) is 1.93. The van der Waals surface area contributed by atoms with Gasteiger partial charge in [0.2, 0.25) is 0 Å². The third-order valence-electron chi connectivity index (χ3n) is 3.30. The van der Waals surface area contributed by atoms with Crippen molar-refractivity contribution in [2.24, 2.45) is 11.8 Å². The molecular formula is C11H21NO. The van der Waals surface area contributed by atoms with Gasteiger partial charge >= 0.3 is 0 Å². The van der Waals surface area contributed by atoms with E-state index in [0.717, 1.165) is 24.3 Å². The maximum atomic E-state index is 8.82. The summed E-state index contributed by atoms with van der Waals surface area (Å²) in [6.07, 6.45) is 6.62. The van der Waals surface area contributed by atoms with Crippen LogP contribution in [0, 0.1) is 11.8 Å². The molecule has 2 nitrogen and oxygen atoms in total. The lowest BCUT2D eigenvalue weighted by molar-refractivity contribution is 0.255. The second-order valence-electron chi connectivity index (χ2n) is 4.78. The highest BCUT2D eigenvalue weighted by molar-refractivity contribution is 4.97. The molecule has 0 bridgehead atoms. The molecule has 0 saturated heterocycles. The molecule has 0 heterocycles. The molecule has 0 unspecified atom stereocenters. The molecule has 76 valence electrons. The van der Waals surface area contributed by atoms with Crippen molar-refractivity contribution in [3.63, 3.8) is 0 Å². The average molecular weight is 183 g/mol. The summed E-state index contributed by atoms with van der Waals surface area (Å²) in [6.45, 7) is 2.50. The van der Waals surface area contributed by atoms with E-state index in [0.29, 0.717) is 12.6 Å². The molecule has 0 spiro atoms. The zero-order valence-electron chi connectivity index (χ0n) is 8.50. The molecule has 2 saturated carbocycles. The van der Waals surface area contributed by atoms with Crippen molar-refractivity contribution in [1.29, 1.82) is 0 Å². The predicted molar refractivity (Wildman–Crippen MR) is 53.5 cm³/mol. The van der Waals surface area contributed by atoms with E-state index in [4.69, 9.17) is 5.11 Å². The fourth-order valence-corrected chi connectivity index (χ4v) is 2.17. The van der Waals surface area contributed by atoms with Gasteiger partial charge < -0.3 is 10.4 Å². The molecule has 2 rings (SSSR count). The minimum atomic E-state index is 0.316. The Labute approximate surface area is 80.7 Å². The molecule has 1 atom stereocenters. The Balaban J connectivity index is 1.75. The van der Waals surface area contributed by atoms with E-state index in [1.165, 1.54) is 25.7 Å². The van der Waals surface area contributed by atoms with Crippen LogP contribution in [0.4, 0.5) is 0 Å². The molecule has 2 N–H and O–H groups in total. The Kier molecular flexibility index (Phi) is 2.89. The maximum absolute atomic E-state index is 8.82. The van der Waals surface area contributed by atoms with Crippen LogP contribution in [0.2, 0.25) is 0 Å². The topological polar surface area (TPSA) is 32.3 Å². The summed E-state index contributed by atoms with van der Waals surface area (Å²) in [5, 5.41) is 12.5. The van der Waals surface area contributed by atoms with Crippen LogP contribution >= 0.6 is 0 Å². The zero-order chi connectivity index (χ0) is 9.26. The van der Waals surface area contributed by atoms with Gasteiger partial charge in [0.1, 0.15) is 0 Å². The first kappa shape index (κ1) is 9.47. The monoisotopic (exact) mass is 183 g/mol. The third kappa shape index (κ3) is 2.68. The van der Waals surface area contributed by atoms with Gasteiger partial charge in [0, 0.05) is 18.7 Å². The van der Waals surface area contributed by atoms with E-state index in [1.54, 1.807) is 0 Å². The van der Waals surface area contributed by atoms with Gasteiger partial charge in [-0.15, -0.1) is 0 Å². The molecule has 0 radical (unpaired) electrons. The standard InChI is InChI=1S/C11H21NO/c1-8(6-7-13)12-11(9-2-3-9)10-4-5-10/h8-13H,2-7H2,1H3/t8-/m1/s1. The summed E-state index contributed by atoms with van der Waals surface area (Å²) in [4.78, 5) is 0. The highest BCUT2D eigenvalue weighted by Crippen LogP contribution is 2.44. The Hall–Kier alpha value is -0.0800. The molecule has 13 heavy (non-hydrogen) atoms. The van der Waals surface area contributed by atoms with Crippen molar-refractivity contribution in [3.8, 4) is 0 Å². The lowest BCUT2D eigenvalue weighted by atomic mass is 10.1. The third-order valence-corrected chi connectivity index (χ3v) is 3.30. The molecule has 2 aliphatic carbocycles. The first-order valence-corrected chi connectivity index (χ1v) is 5.68. The number of hydrogen-bond acceptors (Lipinski definition) is 2. The Bertz CT molecular complexity index is 151. The molecule has 0 amide bonds. The average Bonchev–Trinajstić information content (AvgIpc) is 2.95. The molecule has 0 aromatic rings. The highest BCUT2D eigenvalue weighted by Gasteiger charge is 2.41. The van der Waals surface area contributed by atoms with Gasteiger partial charge in [-0.3, -0.25) is 0 Å². The summed E-state index contributed by atoms with van der Waals surface area (Å²) in [5.41, 5.74) is 0. The van der Waals surface area contributed by atoms with Crippen LogP contribution in [-0.4, -0.2) is 23.8 Å². The van der Waals surface area contributed by atoms with Crippen LogP contribution in [0.3, 0.4) is 0 Å². The second-order valence-corrected chi connectivity index (χ2v) is 4.78. The van der Waals surface area contributed by atoms with Gasteiger partial charge in [-0.05, 0) is 50.9 Å². The Morgan fingerprint density at radius 2 is 1.77 bits per heavy atom. The van der Waals surface area contributed by atoms with Gasteiger partial charge in [0.25, 0.3) is 0 Å². The van der Waals surface area contributed by atoms with E-state index >= 15 is 0 Å². The van der Waals surface area contributed by atoms with E-state index in [1.807, 2.05) is 0 Å². The van der Waals surface area contributed by atoms with Crippen LogP contribution in [0.5, 0.6) is 0 Å². The molecule has 2 aliphatic rings. The van der Waals surface area contributed by atoms with E-state index in [2.05, 4.69) is 12.2 Å². The summed E-state index contributed by atoms with van der Waals surface area (Å²) < 4.78 is 0. The van der Waals surface area contributed by atoms with Crippen LogP contribution < -0.4 is 5.32 Å². The molecular weight excluding hydrogens is 162 g/mol. The maximum Gasteiger partial charge on any atom is 0.0445 e. The zero-order valence-corrected chi connectivity index (χ0v) is 8.50. The molecule has 0 aromatic heterocycles. The number of aliphatic hydroxyl groups is 1. The normalized spacial score (nSPS) is 25.2. The Morgan fingerprint density at radius 1 is 1.23 bits per heavy atom. The van der Waals surface area contributed by atoms with Gasteiger partial charge in [-0.1, -0.05) is 0 Å². The van der Waals surface area contributed by atoms with Crippen molar-refractivity contribution >= 4 is 0 Å². The number of nitrogens with one attached hydrogen (secondary N) is 1. The van der Waals surface area contributed by atoms with Gasteiger partial charge in [0.05, 0.1) is 0 Å². The summed E-state index contributed by atoms with van der Waals surface area (Å²) in [6, 6.07) is 1.28. The fourth-order valence-electron chi connectivity index (χ4n) is 2.17. The quantitative estimate of drug-likeness (QED) is 0.654. The minimum Gasteiger partial charge on any atom is -0.396 e. The van der Waals surface area contributed by atoms with Crippen LogP contribution in [0.1, 0.15) is 39.0 Å². The number of aliphatic hydroxyl groups excluding tert-OH is 1. The predicted octanol–water partition coefficient (Wildman–Crippen LogP) is 1.54. The van der Waals surface area contributed by atoms with Crippen LogP contribution in [-0.2, 0) is 0 Å². The van der Waals surface area contributed by atoms with Crippen molar-refractivity contribution < 1.29 is 5.11 Å². The molecule has 2 fully saturated rings. The second kappa shape index (κ2) is 3.97. The van der Waals surface area contributed by atoms with Crippen molar-refractivity contribution in [3.05, 3.63) is 0 Å². The lowest BCUT2D eigenvalue weighted by Crippen LogP contribution is -2.40. The smallest absolute Gasteiger partial charge is 0.0445 e. The Morgan fingerprint density at radius 3 is 2.15 bits per heavy atom. The van der Waals surface area contributed by atoms with Gasteiger partial charge in [0.15, 0.2) is 0 Å². The number of rotatable bonds is 6. The van der Waals surface area contributed by atoms with E-state index < -0.39 is 0 Å². The van der Waals surface area contributed by atoms with E-state index in [-0.39, 0.29) is 0 Å².